The Balaban J connectivity index is 2.24. The van der Waals surface area contributed by atoms with Crippen LogP contribution in [0.4, 0.5) is 10.1 Å². The van der Waals surface area contributed by atoms with Crippen molar-refractivity contribution in [2.45, 2.75) is 19.4 Å². The van der Waals surface area contributed by atoms with Crippen LogP contribution in [0.5, 0.6) is 0 Å². The van der Waals surface area contributed by atoms with E-state index in [2.05, 4.69) is 0 Å². The van der Waals surface area contributed by atoms with Crippen LogP contribution in [0.15, 0.2) is 24.3 Å². The van der Waals surface area contributed by atoms with Gasteiger partial charge in [0.15, 0.2) is 0 Å². The van der Waals surface area contributed by atoms with Gasteiger partial charge in [0, 0.05) is 0 Å². The second kappa shape index (κ2) is 5.90. The van der Waals surface area contributed by atoms with E-state index in [1.807, 2.05) is 0 Å². The fourth-order valence-electron chi connectivity index (χ4n) is 2.37. The lowest BCUT2D eigenvalue weighted by atomic mass is 10.1. The Morgan fingerprint density at radius 3 is 2.33 bits per heavy atom. The Hall–Kier alpha value is -2.44. The molecule has 1 aromatic rings. The number of para-hydroxylation sites is 1. The van der Waals surface area contributed by atoms with Crippen molar-refractivity contribution in [1.29, 1.82) is 0 Å². The van der Waals surface area contributed by atoms with Gasteiger partial charge in [0.05, 0.1) is 18.8 Å². The van der Waals surface area contributed by atoms with E-state index in [-0.39, 0.29) is 25.2 Å². The lowest BCUT2D eigenvalue weighted by molar-refractivity contribution is -0.158. The van der Waals surface area contributed by atoms with Crippen LogP contribution in [0.1, 0.15) is 13.3 Å². The largest absolute Gasteiger partial charge is 0.480 e. The third-order valence-corrected chi connectivity index (χ3v) is 3.37. The second-order valence-electron chi connectivity index (χ2n) is 4.73. The van der Waals surface area contributed by atoms with Gasteiger partial charge in [-0.25, -0.2) is 9.18 Å². The summed E-state index contributed by atoms with van der Waals surface area (Å²) in [5, 5.41) is 9.07. The molecule has 0 aromatic heterocycles. The normalized spacial score (nSPS) is 17.0. The first kappa shape index (κ1) is 15.0. The summed E-state index contributed by atoms with van der Waals surface area (Å²) in [7, 11) is 0. The highest BCUT2D eigenvalue weighted by Gasteiger charge is 2.38. The Morgan fingerprint density at radius 1 is 1.29 bits per heavy atom. The molecule has 1 unspecified atom stereocenters. The number of halogens is 1. The summed E-state index contributed by atoms with van der Waals surface area (Å²) in [5.41, 5.74) is 0.155. The molecule has 1 aliphatic rings. The van der Waals surface area contributed by atoms with E-state index >= 15 is 0 Å². The number of hydrogen-bond donors (Lipinski definition) is 1. The van der Waals surface area contributed by atoms with Gasteiger partial charge in [0.1, 0.15) is 11.9 Å². The molecule has 21 heavy (non-hydrogen) atoms. The number of nitrogens with zero attached hydrogens (tertiary/aromatic N) is 2. The van der Waals surface area contributed by atoms with Gasteiger partial charge >= 0.3 is 5.97 Å². The molecule has 0 aliphatic carbocycles. The summed E-state index contributed by atoms with van der Waals surface area (Å²) in [6, 6.07) is 4.65. The smallest absolute Gasteiger partial charge is 0.326 e. The minimum absolute atomic E-state index is 0.131. The summed E-state index contributed by atoms with van der Waals surface area (Å²) in [5.74, 6) is -3.03. The van der Waals surface area contributed by atoms with E-state index in [1.54, 1.807) is 13.0 Å². The van der Waals surface area contributed by atoms with Crippen molar-refractivity contribution < 1.29 is 23.9 Å². The number of carboxylic acid groups (broad SMARTS) is 1. The highest BCUT2D eigenvalue weighted by atomic mass is 19.1. The maximum Gasteiger partial charge on any atom is 0.326 e. The van der Waals surface area contributed by atoms with Gasteiger partial charge < -0.3 is 10.0 Å². The number of carboxylic acids is 1. The van der Waals surface area contributed by atoms with Gasteiger partial charge in [0.25, 0.3) is 0 Å². The molecule has 2 rings (SSSR count). The Bertz CT molecular complexity index is 572. The van der Waals surface area contributed by atoms with E-state index < -0.39 is 29.6 Å². The molecule has 1 atom stereocenters. The first-order valence-electron chi connectivity index (χ1n) is 6.52. The van der Waals surface area contributed by atoms with Gasteiger partial charge in [-0.05, 0) is 18.6 Å². The zero-order chi connectivity index (χ0) is 15.6. The third-order valence-electron chi connectivity index (χ3n) is 3.37. The molecule has 1 aliphatic heterocycles. The molecule has 1 heterocycles. The Morgan fingerprint density at radius 2 is 1.86 bits per heavy atom. The minimum Gasteiger partial charge on any atom is -0.480 e. The van der Waals surface area contributed by atoms with Crippen LogP contribution in [0.3, 0.4) is 0 Å². The van der Waals surface area contributed by atoms with Crippen molar-refractivity contribution in [3.63, 3.8) is 0 Å². The number of benzene rings is 1. The molecule has 6 nitrogen and oxygen atoms in total. The maximum atomic E-state index is 13.7. The SMILES string of the molecule is CCC(C(=O)O)N1C(=O)CN(c2ccccc2F)CC1=O. The molecule has 1 saturated heterocycles. The predicted octanol–water partition coefficient (Wildman–Crippen LogP) is 0.864. The van der Waals surface area contributed by atoms with Crippen molar-refractivity contribution in [3.8, 4) is 0 Å². The summed E-state index contributed by atoms with van der Waals surface area (Å²) in [6.45, 7) is 1.13. The summed E-state index contributed by atoms with van der Waals surface area (Å²) < 4.78 is 13.7. The van der Waals surface area contributed by atoms with Crippen LogP contribution in [0.25, 0.3) is 0 Å². The number of anilines is 1. The van der Waals surface area contributed by atoms with Crippen molar-refractivity contribution in [3.05, 3.63) is 30.1 Å². The lowest BCUT2D eigenvalue weighted by Crippen LogP contribution is -2.59. The molecule has 1 fully saturated rings. The molecule has 1 aromatic carbocycles. The quantitative estimate of drug-likeness (QED) is 0.834. The first-order chi connectivity index (χ1) is 9.95. The zero-order valence-electron chi connectivity index (χ0n) is 11.5. The topological polar surface area (TPSA) is 77.9 Å². The summed E-state index contributed by atoms with van der Waals surface area (Å²) in [4.78, 5) is 37.3. The molecule has 2 amide bonds. The van der Waals surface area contributed by atoms with Gasteiger partial charge in [0.2, 0.25) is 11.8 Å². The summed E-state index contributed by atoms with van der Waals surface area (Å²) >= 11 is 0. The monoisotopic (exact) mass is 294 g/mol. The number of aliphatic carboxylic acids is 1. The molecular formula is C14H15FN2O4. The number of hydrogen-bond acceptors (Lipinski definition) is 4. The van der Waals surface area contributed by atoms with E-state index in [0.717, 1.165) is 4.90 Å². The maximum absolute atomic E-state index is 13.7. The molecular weight excluding hydrogens is 279 g/mol. The van der Waals surface area contributed by atoms with Crippen LogP contribution in [-0.2, 0) is 14.4 Å². The third kappa shape index (κ3) is 2.86. The number of piperazine rings is 1. The highest BCUT2D eigenvalue weighted by Crippen LogP contribution is 2.22. The van der Waals surface area contributed by atoms with E-state index in [0.29, 0.717) is 0 Å². The van der Waals surface area contributed by atoms with E-state index in [9.17, 15) is 18.8 Å². The van der Waals surface area contributed by atoms with Gasteiger partial charge in [-0.2, -0.15) is 0 Å². The Kier molecular flexibility index (Phi) is 4.21. The van der Waals surface area contributed by atoms with Gasteiger partial charge in [-0.15, -0.1) is 0 Å². The number of imide groups is 1. The Labute approximate surface area is 120 Å². The van der Waals surface area contributed by atoms with Crippen molar-refractivity contribution in [1.82, 2.24) is 4.90 Å². The second-order valence-corrected chi connectivity index (χ2v) is 4.73. The van der Waals surface area contributed by atoms with Crippen molar-refractivity contribution in [2.24, 2.45) is 0 Å². The van der Waals surface area contributed by atoms with Crippen LogP contribution < -0.4 is 4.90 Å². The molecule has 112 valence electrons. The van der Waals surface area contributed by atoms with Crippen LogP contribution >= 0.6 is 0 Å². The average Bonchev–Trinajstić information content (AvgIpc) is 2.42. The lowest BCUT2D eigenvalue weighted by Gasteiger charge is -2.36. The van der Waals surface area contributed by atoms with Crippen molar-refractivity contribution in [2.75, 3.05) is 18.0 Å². The number of carbonyl (C=O) groups excluding carboxylic acids is 2. The summed E-state index contributed by atoms with van der Waals surface area (Å²) in [6.07, 6.45) is 0.131. The van der Waals surface area contributed by atoms with Crippen LogP contribution in [0, 0.1) is 5.82 Å². The van der Waals surface area contributed by atoms with Crippen LogP contribution in [-0.4, -0.2) is 46.9 Å². The minimum atomic E-state index is -1.22. The number of carbonyl (C=O) groups is 3. The fourth-order valence-corrected chi connectivity index (χ4v) is 2.37. The highest BCUT2D eigenvalue weighted by molar-refractivity contribution is 6.05. The van der Waals surface area contributed by atoms with Crippen molar-refractivity contribution >= 4 is 23.5 Å². The van der Waals surface area contributed by atoms with E-state index in [1.165, 1.54) is 23.1 Å². The average molecular weight is 294 g/mol. The number of rotatable bonds is 4. The van der Waals surface area contributed by atoms with Crippen LogP contribution in [0.2, 0.25) is 0 Å². The first-order valence-corrected chi connectivity index (χ1v) is 6.52. The van der Waals surface area contributed by atoms with E-state index in [4.69, 9.17) is 5.11 Å². The standard InChI is InChI=1S/C14H15FN2O4/c1-2-10(14(20)21)17-12(18)7-16(8-13(17)19)11-6-4-3-5-9(11)15/h3-6,10H,2,7-8H2,1H3,(H,20,21). The number of amides is 2. The fraction of sp³-hybridized carbons (Fsp3) is 0.357. The molecule has 0 radical (unpaired) electrons. The zero-order valence-corrected chi connectivity index (χ0v) is 11.5. The predicted molar refractivity (Wildman–Crippen MR) is 72.2 cm³/mol. The van der Waals surface area contributed by atoms with Gasteiger partial charge in [-0.1, -0.05) is 19.1 Å². The molecule has 0 saturated carbocycles. The molecule has 0 spiro atoms. The molecule has 7 heteroatoms. The molecule has 0 bridgehead atoms. The van der Waals surface area contributed by atoms with Gasteiger partial charge in [-0.3, -0.25) is 14.5 Å². The molecule has 1 N–H and O–H groups in total.